The molecule has 0 atom stereocenters. The fourth-order valence-corrected chi connectivity index (χ4v) is 1.62. The second-order valence-electron chi connectivity index (χ2n) is 3.44. The highest BCUT2D eigenvalue weighted by Crippen LogP contribution is 2.22. The van der Waals surface area contributed by atoms with Gasteiger partial charge >= 0.3 is 0 Å². The van der Waals surface area contributed by atoms with Gasteiger partial charge in [0.25, 0.3) is 0 Å². The van der Waals surface area contributed by atoms with Crippen molar-refractivity contribution >= 4 is 29.1 Å². The summed E-state index contributed by atoms with van der Waals surface area (Å²) in [7, 11) is 1.64. The van der Waals surface area contributed by atoms with Gasteiger partial charge in [-0.1, -0.05) is 6.92 Å². The summed E-state index contributed by atoms with van der Waals surface area (Å²) in [4.78, 5) is 4.35. The second-order valence-corrected chi connectivity index (χ2v) is 3.44. The van der Waals surface area contributed by atoms with E-state index in [-0.39, 0.29) is 12.4 Å². The minimum absolute atomic E-state index is 0. The first-order chi connectivity index (χ1) is 7.24. The number of ether oxygens (including phenoxy) is 1. The zero-order valence-corrected chi connectivity index (χ0v) is 10.2. The molecular weight excluding hydrogens is 224 g/mol. The summed E-state index contributed by atoms with van der Waals surface area (Å²) in [6, 6.07) is 7.90. The molecule has 0 aliphatic heterocycles. The quantitative estimate of drug-likeness (QED) is 0.875. The van der Waals surface area contributed by atoms with Crippen LogP contribution in [0.25, 0.3) is 10.9 Å². The molecule has 0 amide bonds. The van der Waals surface area contributed by atoms with Crippen LogP contribution in [0.15, 0.2) is 24.3 Å². The van der Waals surface area contributed by atoms with Crippen LogP contribution in [-0.2, 0) is 6.42 Å². The molecule has 4 heteroatoms. The summed E-state index contributed by atoms with van der Waals surface area (Å²) in [5.74, 6) is 1.41. The van der Waals surface area contributed by atoms with Gasteiger partial charge in [-0.15, -0.1) is 12.4 Å². The first-order valence-corrected chi connectivity index (χ1v) is 4.97. The molecule has 0 unspecified atom stereocenters. The van der Waals surface area contributed by atoms with E-state index in [4.69, 9.17) is 10.5 Å². The maximum Gasteiger partial charge on any atom is 0.127 e. The first-order valence-electron chi connectivity index (χ1n) is 4.97. The molecule has 0 aliphatic carbocycles. The van der Waals surface area contributed by atoms with Crippen molar-refractivity contribution in [3.8, 4) is 5.75 Å². The molecule has 2 N–H and O–H groups in total. The molecule has 0 fully saturated rings. The van der Waals surface area contributed by atoms with Crippen LogP contribution in [0, 0.1) is 0 Å². The number of nitrogens with two attached hydrogens (primary N) is 1. The van der Waals surface area contributed by atoms with Crippen molar-refractivity contribution in [2.24, 2.45) is 0 Å². The molecule has 0 aliphatic rings. The number of hydrogen-bond acceptors (Lipinski definition) is 3. The van der Waals surface area contributed by atoms with Gasteiger partial charge in [-0.2, -0.15) is 0 Å². The van der Waals surface area contributed by atoms with E-state index in [2.05, 4.69) is 18.0 Å². The third-order valence-corrected chi connectivity index (χ3v) is 2.52. The molecule has 2 rings (SSSR count). The monoisotopic (exact) mass is 238 g/mol. The molecule has 16 heavy (non-hydrogen) atoms. The van der Waals surface area contributed by atoms with E-state index in [0.717, 1.165) is 28.6 Å². The van der Waals surface area contributed by atoms with Crippen molar-refractivity contribution in [1.29, 1.82) is 0 Å². The van der Waals surface area contributed by atoms with Crippen LogP contribution in [0.4, 0.5) is 5.82 Å². The largest absolute Gasteiger partial charge is 0.497 e. The molecule has 1 aromatic carbocycles. The van der Waals surface area contributed by atoms with E-state index >= 15 is 0 Å². The number of methoxy groups -OCH3 is 1. The predicted octanol–water partition coefficient (Wildman–Crippen LogP) is 2.81. The summed E-state index contributed by atoms with van der Waals surface area (Å²) >= 11 is 0. The molecule has 3 nitrogen and oxygen atoms in total. The number of rotatable bonds is 2. The molecule has 86 valence electrons. The Balaban J connectivity index is 0.00000128. The Morgan fingerprint density at radius 3 is 2.69 bits per heavy atom. The van der Waals surface area contributed by atoms with Gasteiger partial charge in [0.15, 0.2) is 0 Å². The summed E-state index contributed by atoms with van der Waals surface area (Å²) in [5.41, 5.74) is 7.81. The summed E-state index contributed by atoms with van der Waals surface area (Å²) < 4.78 is 5.14. The summed E-state index contributed by atoms with van der Waals surface area (Å²) in [6.07, 6.45) is 0.904. The predicted molar refractivity (Wildman–Crippen MR) is 69.3 cm³/mol. The highest BCUT2D eigenvalue weighted by molar-refractivity contribution is 5.85. The van der Waals surface area contributed by atoms with Gasteiger partial charge in [-0.25, -0.2) is 4.98 Å². The summed E-state index contributed by atoms with van der Waals surface area (Å²) in [6.45, 7) is 2.07. The Morgan fingerprint density at radius 2 is 2.06 bits per heavy atom. The van der Waals surface area contributed by atoms with Crippen LogP contribution < -0.4 is 10.5 Å². The molecular formula is C12H15ClN2O. The average molecular weight is 239 g/mol. The van der Waals surface area contributed by atoms with Gasteiger partial charge in [0.05, 0.1) is 12.6 Å². The number of halogens is 1. The fraction of sp³-hybridized carbons (Fsp3) is 0.250. The van der Waals surface area contributed by atoms with Crippen LogP contribution in [0.2, 0.25) is 0 Å². The lowest BCUT2D eigenvalue weighted by Crippen LogP contribution is -1.97. The van der Waals surface area contributed by atoms with Crippen molar-refractivity contribution < 1.29 is 4.74 Å². The average Bonchev–Trinajstić information content (AvgIpc) is 2.27. The minimum Gasteiger partial charge on any atom is -0.497 e. The van der Waals surface area contributed by atoms with Crippen molar-refractivity contribution in [2.75, 3.05) is 12.8 Å². The van der Waals surface area contributed by atoms with E-state index in [0.29, 0.717) is 5.82 Å². The van der Waals surface area contributed by atoms with Crippen molar-refractivity contribution in [1.82, 2.24) is 4.98 Å². The van der Waals surface area contributed by atoms with Crippen LogP contribution in [0.5, 0.6) is 5.75 Å². The van der Waals surface area contributed by atoms with Gasteiger partial charge in [0.2, 0.25) is 0 Å². The van der Waals surface area contributed by atoms with Crippen molar-refractivity contribution in [3.05, 3.63) is 29.8 Å². The molecule has 0 bridgehead atoms. The van der Waals surface area contributed by atoms with E-state index < -0.39 is 0 Å². The molecule has 0 spiro atoms. The number of pyridine rings is 1. The molecule has 0 radical (unpaired) electrons. The smallest absolute Gasteiger partial charge is 0.127 e. The third-order valence-electron chi connectivity index (χ3n) is 2.52. The van der Waals surface area contributed by atoms with Crippen LogP contribution >= 0.6 is 12.4 Å². The lowest BCUT2D eigenvalue weighted by molar-refractivity contribution is 0.415. The van der Waals surface area contributed by atoms with Crippen LogP contribution in [0.3, 0.4) is 0 Å². The molecule has 0 saturated carbocycles. The maximum atomic E-state index is 5.84. The van der Waals surface area contributed by atoms with Gasteiger partial charge in [-0.3, -0.25) is 0 Å². The highest BCUT2D eigenvalue weighted by atomic mass is 35.5. The molecule has 0 saturated heterocycles. The molecule has 1 heterocycles. The molecule has 2 aromatic rings. The van der Waals surface area contributed by atoms with E-state index in [1.807, 2.05) is 18.2 Å². The molecule has 1 aromatic heterocycles. The maximum absolute atomic E-state index is 5.84. The fourth-order valence-electron chi connectivity index (χ4n) is 1.62. The lowest BCUT2D eigenvalue weighted by atomic mass is 10.1. The Labute approximate surface area is 101 Å². The van der Waals surface area contributed by atoms with Gasteiger partial charge < -0.3 is 10.5 Å². The number of nitrogen functional groups attached to an aromatic ring is 1. The normalized spacial score (nSPS) is 9.88. The second kappa shape index (κ2) is 5.03. The Kier molecular flexibility index (Phi) is 3.96. The van der Waals surface area contributed by atoms with Crippen molar-refractivity contribution in [2.45, 2.75) is 13.3 Å². The van der Waals surface area contributed by atoms with E-state index in [1.165, 1.54) is 0 Å². The standard InChI is InChI=1S/C12H14N2O.ClH/c1-3-8-6-9-4-5-10(15-2)7-11(9)14-12(8)13;/h4-7H,3H2,1-2H3,(H2,13,14);1H. The minimum atomic E-state index is 0. The van der Waals surface area contributed by atoms with E-state index in [1.54, 1.807) is 7.11 Å². The van der Waals surface area contributed by atoms with Crippen LogP contribution in [-0.4, -0.2) is 12.1 Å². The highest BCUT2D eigenvalue weighted by Gasteiger charge is 2.03. The number of aromatic nitrogens is 1. The van der Waals surface area contributed by atoms with Gasteiger partial charge in [0, 0.05) is 11.5 Å². The third kappa shape index (κ3) is 2.19. The SMILES string of the molecule is CCc1cc2ccc(OC)cc2nc1N.Cl. The summed E-state index contributed by atoms with van der Waals surface area (Å²) in [5, 5.41) is 1.10. The number of anilines is 1. The number of nitrogens with zero attached hydrogens (tertiary/aromatic N) is 1. The van der Waals surface area contributed by atoms with Crippen molar-refractivity contribution in [3.63, 3.8) is 0 Å². The Bertz CT molecular complexity index is 500. The van der Waals surface area contributed by atoms with Gasteiger partial charge in [0.1, 0.15) is 11.6 Å². The number of fused-ring (bicyclic) bond motifs is 1. The first kappa shape index (κ1) is 12.6. The number of hydrogen-bond donors (Lipinski definition) is 1. The zero-order chi connectivity index (χ0) is 10.8. The Hall–Kier alpha value is -1.48. The number of aryl methyl sites for hydroxylation is 1. The van der Waals surface area contributed by atoms with Crippen LogP contribution in [0.1, 0.15) is 12.5 Å². The van der Waals surface area contributed by atoms with Gasteiger partial charge in [-0.05, 0) is 30.2 Å². The number of benzene rings is 1. The zero-order valence-electron chi connectivity index (χ0n) is 9.36. The topological polar surface area (TPSA) is 48.1 Å². The van der Waals surface area contributed by atoms with E-state index in [9.17, 15) is 0 Å². The Morgan fingerprint density at radius 1 is 1.31 bits per heavy atom. The lowest BCUT2D eigenvalue weighted by Gasteiger charge is -2.06.